The first-order valence-corrected chi connectivity index (χ1v) is 8.77. The predicted octanol–water partition coefficient (Wildman–Crippen LogP) is 3.63. The number of hydrogen-bond acceptors (Lipinski definition) is 4. The Labute approximate surface area is 154 Å². The zero-order valence-electron chi connectivity index (χ0n) is 13.7. The molecule has 0 saturated heterocycles. The summed E-state index contributed by atoms with van der Waals surface area (Å²) >= 11 is 3.34. The molecule has 6 heteroatoms. The van der Waals surface area contributed by atoms with Crippen LogP contribution in [-0.2, 0) is 9.53 Å². The zero-order valence-corrected chi connectivity index (χ0v) is 15.3. The van der Waals surface area contributed by atoms with Crippen LogP contribution in [0, 0.1) is 0 Å². The molecule has 1 saturated carbocycles. The molecule has 1 amide bonds. The van der Waals surface area contributed by atoms with Gasteiger partial charge >= 0.3 is 5.97 Å². The van der Waals surface area contributed by atoms with Crippen LogP contribution in [0.25, 0.3) is 0 Å². The minimum absolute atomic E-state index is 0.181. The highest BCUT2D eigenvalue weighted by atomic mass is 79.9. The summed E-state index contributed by atoms with van der Waals surface area (Å²) in [6.45, 7) is 0. The van der Waals surface area contributed by atoms with E-state index in [-0.39, 0.29) is 11.9 Å². The number of carbonyl (C=O) groups is 2. The Balaban J connectivity index is 1.84. The number of hydrogen-bond donors (Lipinski definition) is 1. The summed E-state index contributed by atoms with van der Waals surface area (Å²) in [5.41, 5.74) is 0.938. The van der Waals surface area contributed by atoms with Crippen molar-refractivity contribution < 1.29 is 19.1 Å². The molecule has 2 aromatic carbocycles. The highest BCUT2D eigenvalue weighted by Gasteiger charge is 2.31. The molecule has 0 bridgehead atoms. The second-order valence-electron chi connectivity index (χ2n) is 5.82. The maximum atomic E-state index is 12.6. The molecule has 5 nitrogen and oxygen atoms in total. The molecule has 25 heavy (non-hydrogen) atoms. The topological polar surface area (TPSA) is 64.6 Å². The summed E-state index contributed by atoms with van der Waals surface area (Å²) in [7, 11) is 1.52. The molecular weight excluding hydrogens is 386 g/mol. The van der Waals surface area contributed by atoms with Crippen LogP contribution in [-0.4, -0.2) is 25.0 Å². The van der Waals surface area contributed by atoms with E-state index in [9.17, 15) is 9.59 Å². The molecular formula is C19H18BrNO4. The van der Waals surface area contributed by atoms with Crippen LogP contribution in [0.15, 0.2) is 53.0 Å². The average molecular weight is 404 g/mol. The summed E-state index contributed by atoms with van der Waals surface area (Å²) in [5, 5.41) is 2.89. The zero-order chi connectivity index (χ0) is 17.8. The molecule has 1 N–H and O–H groups in total. The minimum atomic E-state index is -0.993. The molecule has 1 fully saturated rings. The molecule has 0 radical (unpaired) electrons. The van der Waals surface area contributed by atoms with Crippen LogP contribution in [0.1, 0.15) is 34.9 Å². The first-order chi connectivity index (χ1) is 12.1. The van der Waals surface area contributed by atoms with E-state index in [0.717, 1.165) is 12.8 Å². The summed E-state index contributed by atoms with van der Waals surface area (Å²) in [6, 6.07) is 14.2. The average Bonchev–Trinajstić information content (AvgIpc) is 3.44. The van der Waals surface area contributed by atoms with Crippen molar-refractivity contribution in [3.8, 4) is 5.75 Å². The van der Waals surface area contributed by atoms with Gasteiger partial charge in [-0.3, -0.25) is 4.79 Å². The molecule has 0 aromatic heterocycles. The van der Waals surface area contributed by atoms with Crippen molar-refractivity contribution in [2.75, 3.05) is 7.11 Å². The number of halogens is 1. The lowest BCUT2D eigenvalue weighted by molar-refractivity contribution is -0.130. The number of rotatable bonds is 6. The van der Waals surface area contributed by atoms with E-state index in [1.54, 1.807) is 30.3 Å². The predicted molar refractivity (Wildman–Crippen MR) is 96.5 cm³/mol. The molecule has 0 heterocycles. The van der Waals surface area contributed by atoms with Crippen LogP contribution in [0.5, 0.6) is 5.75 Å². The molecule has 2 aromatic rings. The molecule has 1 atom stereocenters. The number of amides is 1. The molecule has 0 spiro atoms. The Morgan fingerprint density at radius 1 is 1.16 bits per heavy atom. The molecule has 1 aliphatic rings. The molecule has 0 aliphatic heterocycles. The van der Waals surface area contributed by atoms with Crippen LogP contribution in [0.3, 0.4) is 0 Å². The second-order valence-corrected chi connectivity index (χ2v) is 6.68. The molecule has 1 unspecified atom stereocenters. The third kappa shape index (κ3) is 4.39. The van der Waals surface area contributed by atoms with Crippen molar-refractivity contribution in [1.82, 2.24) is 5.32 Å². The van der Waals surface area contributed by atoms with Crippen molar-refractivity contribution in [2.24, 2.45) is 0 Å². The standard InChI is InChI=1S/C19H18BrNO4/c1-24-14-9-10-16(20)15(11-14)19(23)25-17(12-5-3-2-4-6-12)18(22)21-13-7-8-13/h2-6,9-11,13,17H,7-8H2,1H3,(H,21,22). The molecule has 1 aliphatic carbocycles. The summed E-state index contributed by atoms with van der Waals surface area (Å²) in [4.78, 5) is 25.2. The molecule has 130 valence electrons. The Kier molecular flexibility index (Phi) is 5.38. The maximum Gasteiger partial charge on any atom is 0.340 e. The van der Waals surface area contributed by atoms with E-state index >= 15 is 0 Å². The monoisotopic (exact) mass is 403 g/mol. The number of nitrogens with one attached hydrogen (secondary N) is 1. The third-order valence-electron chi connectivity index (χ3n) is 3.88. The number of carbonyl (C=O) groups excluding carboxylic acids is 2. The van der Waals surface area contributed by atoms with E-state index < -0.39 is 12.1 Å². The lowest BCUT2D eigenvalue weighted by Crippen LogP contribution is -2.33. The van der Waals surface area contributed by atoms with Gasteiger partial charge in [0.25, 0.3) is 5.91 Å². The van der Waals surface area contributed by atoms with E-state index in [1.807, 2.05) is 18.2 Å². The van der Waals surface area contributed by atoms with Crippen LogP contribution >= 0.6 is 15.9 Å². The quantitative estimate of drug-likeness (QED) is 0.747. The highest BCUT2D eigenvalue weighted by Crippen LogP contribution is 2.27. The SMILES string of the molecule is COc1ccc(Br)c(C(=O)OC(C(=O)NC2CC2)c2ccccc2)c1. The van der Waals surface area contributed by atoms with Crippen molar-refractivity contribution in [3.05, 3.63) is 64.1 Å². The van der Waals surface area contributed by atoms with E-state index in [2.05, 4.69) is 21.2 Å². The fourth-order valence-corrected chi connectivity index (χ4v) is 2.77. The van der Waals surface area contributed by atoms with E-state index in [1.165, 1.54) is 7.11 Å². The summed E-state index contributed by atoms with van der Waals surface area (Å²) in [5.74, 6) is -0.361. The Morgan fingerprint density at radius 3 is 2.52 bits per heavy atom. The Morgan fingerprint density at radius 2 is 1.88 bits per heavy atom. The summed E-state index contributed by atoms with van der Waals surface area (Å²) in [6.07, 6.45) is 0.929. The van der Waals surface area contributed by atoms with Gasteiger partial charge in [0, 0.05) is 16.1 Å². The Bertz CT molecular complexity index is 774. The Hall–Kier alpha value is -2.34. The lowest BCUT2D eigenvalue weighted by atomic mass is 10.1. The summed E-state index contributed by atoms with van der Waals surface area (Å²) < 4.78 is 11.3. The van der Waals surface area contributed by atoms with Crippen LogP contribution < -0.4 is 10.1 Å². The third-order valence-corrected chi connectivity index (χ3v) is 4.57. The second kappa shape index (κ2) is 7.70. The normalized spacial score (nSPS) is 14.5. The number of ether oxygens (including phenoxy) is 2. The number of methoxy groups -OCH3 is 1. The maximum absolute atomic E-state index is 12.6. The lowest BCUT2D eigenvalue weighted by Gasteiger charge is -2.18. The van der Waals surface area contributed by atoms with E-state index in [0.29, 0.717) is 21.3 Å². The van der Waals surface area contributed by atoms with Crippen LogP contribution in [0.4, 0.5) is 0 Å². The van der Waals surface area contributed by atoms with Gasteiger partial charge in [-0.25, -0.2) is 4.79 Å². The van der Waals surface area contributed by atoms with Gasteiger partial charge in [-0.2, -0.15) is 0 Å². The van der Waals surface area contributed by atoms with Gasteiger partial charge in [0.05, 0.1) is 12.7 Å². The fourth-order valence-electron chi connectivity index (χ4n) is 2.36. The van der Waals surface area contributed by atoms with Gasteiger partial charge in [-0.1, -0.05) is 30.3 Å². The first kappa shape index (κ1) is 17.5. The fraction of sp³-hybridized carbons (Fsp3) is 0.263. The molecule has 3 rings (SSSR count). The van der Waals surface area contributed by atoms with Gasteiger partial charge < -0.3 is 14.8 Å². The first-order valence-electron chi connectivity index (χ1n) is 7.98. The van der Waals surface area contributed by atoms with Crippen molar-refractivity contribution in [3.63, 3.8) is 0 Å². The van der Waals surface area contributed by atoms with Crippen molar-refractivity contribution in [2.45, 2.75) is 25.0 Å². The number of benzene rings is 2. The van der Waals surface area contributed by atoms with Gasteiger partial charge in [0.2, 0.25) is 6.10 Å². The minimum Gasteiger partial charge on any atom is -0.497 e. The largest absolute Gasteiger partial charge is 0.497 e. The van der Waals surface area contributed by atoms with Crippen molar-refractivity contribution >= 4 is 27.8 Å². The van der Waals surface area contributed by atoms with Gasteiger partial charge in [-0.05, 0) is 47.0 Å². The van der Waals surface area contributed by atoms with Crippen molar-refractivity contribution in [1.29, 1.82) is 0 Å². The number of esters is 1. The van der Waals surface area contributed by atoms with Crippen LogP contribution in [0.2, 0.25) is 0 Å². The van der Waals surface area contributed by atoms with Gasteiger partial charge in [0.1, 0.15) is 5.75 Å². The smallest absolute Gasteiger partial charge is 0.340 e. The highest BCUT2D eigenvalue weighted by molar-refractivity contribution is 9.10. The van der Waals surface area contributed by atoms with Gasteiger partial charge in [0.15, 0.2) is 0 Å². The van der Waals surface area contributed by atoms with Gasteiger partial charge in [-0.15, -0.1) is 0 Å². The van der Waals surface area contributed by atoms with E-state index in [4.69, 9.17) is 9.47 Å².